The van der Waals surface area contributed by atoms with Gasteiger partial charge in [-0.15, -0.1) is 0 Å². The average Bonchev–Trinajstić information content (AvgIpc) is 2.46. The highest BCUT2D eigenvalue weighted by Crippen LogP contribution is 2.19. The van der Waals surface area contributed by atoms with Crippen molar-refractivity contribution in [1.29, 1.82) is 0 Å². The van der Waals surface area contributed by atoms with Crippen LogP contribution in [-0.4, -0.2) is 16.1 Å². The molecule has 4 heteroatoms. The fourth-order valence-corrected chi connectivity index (χ4v) is 2.12. The minimum absolute atomic E-state index is 0.291. The van der Waals surface area contributed by atoms with Crippen LogP contribution < -0.4 is 5.32 Å². The summed E-state index contributed by atoms with van der Waals surface area (Å²) in [6, 6.07) is 9.32. The number of benzene rings is 1. The van der Waals surface area contributed by atoms with Crippen molar-refractivity contribution in [3.8, 4) is 0 Å². The minimum Gasteiger partial charge on any atom is -0.478 e. The summed E-state index contributed by atoms with van der Waals surface area (Å²) in [5.41, 5.74) is 3.96. The summed E-state index contributed by atoms with van der Waals surface area (Å²) in [4.78, 5) is 15.6. The van der Waals surface area contributed by atoms with Gasteiger partial charge in [0.05, 0.1) is 17.8 Å². The maximum Gasteiger partial charge on any atom is 0.337 e. The number of carboxylic acids is 1. The molecule has 104 valence electrons. The summed E-state index contributed by atoms with van der Waals surface area (Å²) in [6.07, 6.45) is 2.66. The summed E-state index contributed by atoms with van der Waals surface area (Å²) < 4.78 is 0. The van der Waals surface area contributed by atoms with Crippen molar-refractivity contribution in [1.82, 2.24) is 4.98 Å². The lowest BCUT2D eigenvalue weighted by Crippen LogP contribution is -2.09. The molecule has 1 heterocycles. The minimum atomic E-state index is -0.923. The van der Waals surface area contributed by atoms with E-state index in [2.05, 4.69) is 17.2 Å². The Balaban J connectivity index is 2.21. The number of aryl methyl sites for hydroxylation is 2. The van der Waals surface area contributed by atoms with Gasteiger partial charge >= 0.3 is 5.97 Å². The number of carbonyl (C=O) groups is 1. The molecule has 0 aliphatic carbocycles. The Morgan fingerprint density at radius 2 is 2.15 bits per heavy atom. The Kier molecular flexibility index (Phi) is 4.35. The highest BCUT2D eigenvalue weighted by atomic mass is 16.4. The van der Waals surface area contributed by atoms with Gasteiger partial charge in [-0.05, 0) is 37.1 Å². The molecule has 0 aliphatic rings. The first-order valence-corrected chi connectivity index (χ1v) is 6.62. The monoisotopic (exact) mass is 270 g/mol. The van der Waals surface area contributed by atoms with E-state index in [9.17, 15) is 9.90 Å². The number of pyridine rings is 1. The standard InChI is InChI=1S/C16H18N2O2/c1-3-12-5-4-8-17-15(12)10-18-14-7-6-11(2)9-13(14)16(19)20/h4-9,18H,3,10H2,1-2H3,(H,19,20). The fourth-order valence-electron chi connectivity index (χ4n) is 2.12. The van der Waals surface area contributed by atoms with E-state index in [1.807, 2.05) is 25.1 Å². The second-order valence-electron chi connectivity index (χ2n) is 4.67. The Labute approximate surface area is 118 Å². The van der Waals surface area contributed by atoms with Gasteiger partial charge < -0.3 is 10.4 Å². The van der Waals surface area contributed by atoms with Crippen molar-refractivity contribution < 1.29 is 9.90 Å². The van der Waals surface area contributed by atoms with Crippen LogP contribution in [0.15, 0.2) is 36.5 Å². The van der Waals surface area contributed by atoms with E-state index >= 15 is 0 Å². The molecular formula is C16H18N2O2. The fraction of sp³-hybridized carbons (Fsp3) is 0.250. The highest BCUT2D eigenvalue weighted by Gasteiger charge is 2.10. The molecule has 0 fully saturated rings. The Hall–Kier alpha value is -2.36. The molecule has 1 aromatic heterocycles. The number of nitrogens with one attached hydrogen (secondary N) is 1. The molecule has 2 aromatic rings. The van der Waals surface area contributed by atoms with E-state index in [0.29, 0.717) is 17.8 Å². The van der Waals surface area contributed by atoms with E-state index < -0.39 is 5.97 Å². The Morgan fingerprint density at radius 3 is 2.85 bits per heavy atom. The van der Waals surface area contributed by atoms with Crippen LogP contribution in [0.3, 0.4) is 0 Å². The third-order valence-corrected chi connectivity index (χ3v) is 3.22. The summed E-state index contributed by atoms with van der Waals surface area (Å²) in [5, 5.41) is 12.4. The van der Waals surface area contributed by atoms with E-state index in [-0.39, 0.29) is 0 Å². The topological polar surface area (TPSA) is 62.2 Å². The van der Waals surface area contributed by atoms with Crippen molar-refractivity contribution in [2.24, 2.45) is 0 Å². The molecular weight excluding hydrogens is 252 g/mol. The lowest BCUT2D eigenvalue weighted by Gasteiger charge is -2.12. The molecule has 1 aromatic carbocycles. The quantitative estimate of drug-likeness (QED) is 0.875. The average molecular weight is 270 g/mol. The maximum atomic E-state index is 11.3. The van der Waals surface area contributed by atoms with Gasteiger partial charge in [-0.2, -0.15) is 0 Å². The van der Waals surface area contributed by atoms with E-state index in [0.717, 1.165) is 17.7 Å². The van der Waals surface area contributed by atoms with Gasteiger partial charge in [-0.3, -0.25) is 4.98 Å². The summed E-state index contributed by atoms with van der Waals surface area (Å²) in [7, 11) is 0. The lowest BCUT2D eigenvalue weighted by atomic mass is 10.1. The van der Waals surface area contributed by atoms with Gasteiger partial charge in [0.2, 0.25) is 0 Å². The van der Waals surface area contributed by atoms with Gasteiger partial charge in [0.25, 0.3) is 0 Å². The van der Waals surface area contributed by atoms with Gasteiger partial charge in [0, 0.05) is 11.9 Å². The molecule has 2 rings (SSSR count). The molecule has 0 amide bonds. The molecule has 0 saturated carbocycles. The molecule has 0 saturated heterocycles. The van der Waals surface area contributed by atoms with Crippen LogP contribution in [0, 0.1) is 6.92 Å². The predicted molar refractivity (Wildman–Crippen MR) is 79.1 cm³/mol. The molecule has 0 atom stereocenters. The number of hydrogen-bond acceptors (Lipinski definition) is 3. The van der Waals surface area contributed by atoms with Crippen molar-refractivity contribution >= 4 is 11.7 Å². The number of nitrogens with zero attached hydrogens (tertiary/aromatic N) is 1. The molecule has 0 spiro atoms. The first kappa shape index (κ1) is 14.1. The van der Waals surface area contributed by atoms with Gasteiger partial charge in [0.1, 0.15) is 0 Å². The van der Waals surface area contributed by atoms with Crippen LogP contribution >= 0.6 is 0 Å². The number of rotatable bonds is 5. The zero-order chi connectivity index (χ0) is 14.5. The molecule has 0 radical (unpaired) electrons. The number of anilines is 1. The van der Waals surface area contributed by atoms with Crippen molar-refractivity contribution in [2.45, 2.75) is 26.8 Å². The zero-order valence-corrected chi connectivity index (χ0v) is 11.7. The predicted octanol–water partition coefficient (Wildman–Crippen LogP) is 3.26. The number of aromatic carboxylic acids is 1. The molecule has 2 N–H and O–H groups in total. The van der Waals surface area contributed by atoms with Crippen molar-refractivity contribution in [2.75, 3.05) is 5.32 Å². The zero-order valence-electron chi connectivity index (χ0n) is 11.7. The summed E-state index contributed by atoms with van der Waals surface area (Å²) >= 11 is 0. The van der Waals surface area contributed by atoms with E-state index in [4.69, 9.17) is 0 Å². The SMILES string of the molecule is CCc1cccnc1CNc1ccc(C)cc1C(=O)O. The normalized spacial score (nSPS) is 10.3. The van der Waals surface area contributed by atoms with Gasteiger partial charge in [-0.25, -0.2) is 4.79 Å². The van der Waals surface area contributed by atoms with E-state index in [1.54, 1.807) is 18.3 Å². The number of aromatic nitrogens is 1. The summed E-state index contributed by atoms with van der Waals surface area (Å²) in [5.74, 6) is -0.923. The van der Waals surface area contributed by atoms with Crippen molar-refractivity contribution in [3.63, 3.8) is 0 Å². The molecule has 0 unspecified atom stereocenters. The second-order valence-corrected chi connectivity index (χ2v) is 4.67. The lowest BCUT2D eigenvalue weighted by molar-refractivity contribution is 0.0698. The summed E-state index contributed by atoms with van der Waals surface area (Å²) in [6.45, 7) is 4.48. The van der Waals surface area contributed by atoms with Crippen LogP contribution in [-0.2, 0) is 13.0 Å². The number of carboxylic acid groups (broad SMARTS) is 1. The highest BCUT2D eigenvalue weighted by molar-refractivity contribution is 5.94. The van der Waals surface area contributed by atoms with Crippen LogP contribution in [0.2, 0.25) is 0 Å². The second kappa shape index (κ2) is 6.19. The smallest absolute Gasteiger partial charge is 0.337 e. The third-order valence-electron chi connectivity index (χ3n) is 3.22. The molecule has 20 heavy (non-hydrogen) atoms. The van der Waals surface area contributed by atoms with Crippen LogP contribution in [0.5, 0.6) is 0 Å². The van der Waals surface area contributed by atoms with Crippen LogP contribution in [0.1, 0.15) is 34.1 Å². The molecule has 0 aliphatic heterocycles. The van der Waals surface area contributed by atoms with Crippen LogP contribution in [0.25, 0.3) is 0 Å². The van der Waals surface area contributed by atoms with Gasteiger partial charge in [-0.1, -0.05) is 24.6 Å². The van der Waals surface area contributed by atoms with Crippen LogP contribution in [0.4, 0.5) is 5.69 Å². The Bertz CT molecular complexity index is 624. The first-order chi connectivity index (χ1) is 9.61. The van der Waals surface area contributed by atoms with E-state index in [1.165, 1.54) is 5.56 Å². The third kappa shape index (κ3) is 3.15. The number of hydrogen-bond donors (Lipinski definition) is 2. The first-order valence-electron chi connectivity index (χ1n) is 6.62. The van der Waals surface area contributed by atoms with Crippen molar-refractivity contribution in [3.05, 3.63) is 58.9 Å². The maximum absolute atomic E-state index is 11.3. The largest absolute Gasteiger partial charge is 0.478 e. The van der Waals surface area contributed by atoms with Gasteiger partial charge in [0.15, 0.2) is 0 Å². The molecule has 4 nitrogen and oxygen atoms in total. The molecule has 0 bridgehead atoms. The Morgan fingerprint density at radius 1 is 1.35 bits per heavy atom.